The highest BCUT2D eigenvalue weighted by molar-refractivity contribution is 9.10. The van der Waals surface area contributed by atoms with Crippen molar-refractivity contribution in [1.29, 1.82) is 0 Å². The van der Waals surface area contributed by atoms with Gasteiger partial charge >= 0.3 is 0 Å². The molecular weight excluding hydrogens is 538 g/mol. The van der Waals surface area contributed by atoms with Crippen LogP contribution in [0.4, 0.5) is 4.79 Å². The van der Waals surface area contributed by atoms with E-state index < -0.39 is 0 Å². The first kappa shape index (κ1) is 24.2. The zero-order chi connectivity index (χ0) is 25.1. The highest BCUT2D eigenvalue weighted by Gasteiger charge is 2.35. The van der Waals surface area contributed by atoms with E-state index in [0.29, 0.717) is 27.5 Å². The lowest BCUT2D eigenvalue weighted by Gasteiger charge is -2.15. The van der Waals surface area contributed by atoms with Crippen LogP contribution in [0.2, 0.25) is 0 Å². The number of benzene rings is 4. The topological polar surface area (TPSA) is 55.8 Å². The van der Waals surface area contributed by atoms with Gasteiger partial charge in [0.05, 0.1) is 23.0 Å². The van der Waals surface area contributed by atoms with Gasteiger partial charge in [-0.1, -0.05) is 72.8 Å². The summed E-state index contributed by atoms with van der Waals surface area (Å²) in [6, 6.07) is 27.4. The summed E-state index contributed by atoms with van der Waals surface area (Å²) in [5.74, 6) is 0.791. The zero-order valence-electron chi connectivity index (χ0n) is 19.4. The minimum Gasteiger partial charge on any atom is -0.493 e. The number of hydrogen-bond donors (Lipinski definition) is 0. The number of hydrogen-bond acceptors (Lipinski definition) is 5. The fourth-order valence-electron chi connectivity index (χ4n) is 4.09. The Kier molecular flexibility index (Phi) is 7.11. The van der Waals surface area contributed by atoms with Gasteiger partial charge in [-0.15, -0.1) is 0 Å². The van der Waals surface area contributed by atoms with E-state index in [1.165, 1.54) is 4.90 Å². The van der Waals surface area contributed by atoms with Crippen molar-refractivity contribution in [3.63, 3.8) is 0 Å². The lowest BCUT2D eigenvalue weighted by molar-refractivity contribution is -0.123. The number of ether oxygens (including phenoxy) is 2. The molecule has 1 heterocycles. The maximum Gasteiger partial charge on any atom is 0.293 e. The van der Waals surface area contributed by atoms with Crippen molar-refractivity contribution in [1.82, 2.24) is 4.90 Å². The normalized spacial score (nSPS) is 14.6. The molecule has 0 aliphatic carbocycles. The largest absolute Gasteiger partial charge is 0.493 e. The van der Waals surface area contributed by atoms with Gasteiger partial charge in [0.25, 0.3) is 11.1 Å². The highest BCUT2D eigenvalue weighted by atomic mass is 79.9. The van der Waals surface area contributed by atoms with Gasteiger partial charge in [0.1, 0.15) is 6.61 Å². The van der Waals surface area contributed by atoms with Crippen LogP contribution in [-0.4, -0.2) is 23.2 Å². The first-order chi connectivity index (χ1) is 17.5. The highest BCUT2D eigenvalue weighted by Crippen LogP contribution is 2.40. The first-order valence-corrected chi connectivity index (χ1v) is 12.9. The predicted molar refractivity (Wildman–Crippen MR) is 147 cm³/mol. The molecule has 2 amide bonds. The number of carbonyl (C=O) groups is 2. The Morgan fingerprint density at radius 1 is 0.944 bits per heavy atom. The number of imide groups is 1. The Morgan fingerprint density at radius 2 is 1.69 bits per heavy atom. The van der Waals surface area contributed by atoms with Gasteiger partial charge in [-0.2, -0.15) is 0 Å². The van der Waals surface area contributed by atoms with Gasteiger partial charge < -0.3 is 9.47 Å². The second-order valence-electron chi connectivity index (χ2n) is 8.21. The van der Waals surface area contributed by atoms with E-state index in [4.69, 9.17) is 9.47 Å². The molecule has 0 saturated carbocycles. The summed E-state index contributed by atoms with van der Waals surface area (Å²) in [5, 5.41) is 2.01. The zero-order valence-corrected chi connectivity index (χ0v) is 21.8. The van der Waals surface area contributed by atoms with Crippen molar-refractivity contribution in [3.05, 3.63) is 111 Å². The molecule has 1 saturated heterocycles. The number of thioether (sulfide) groups is 1. The van der Waals surface area contributed by atoms with Gasteiger partial charge in [-0.3, -0.25) is 14.5 Å². The molecule has 5 nitrogen and oxygen atoms in total. The Hall–Kier alpha value is -3.55. The van der Waals surface area contributed by atoms with Crippen molar-refractivity contribution >= 4 is 55.7 Å². The summed E-state index contributed by atoms with van der Waals surface area (Å²) in [4.78, 5) is 27.1. The van der Waals surface area contributed by atoms with Crippen molar-refractivity contribution in [3.8, 4) is 11.5 Å². The monoisotopic (exact) mass is 559 g/mol. The van der Waals surface area contributed by atoms with Crippen LogP contribution in [0.3, 0.4) is 0 Å². The fourth-order valence-corrected chi connectivity index (χ4v) is 5.50. The average molecular weight is 560 g/mol. The predicted octanol–water partition coefficient (Wildman–Crippen LogP) is 7.43. The van der Waals surface area contributed by atoms with E-state index in [9.17, 15) is 9.59 Å². The number of methoxy groups -OCH3 is 1. The van der Waals surface area contributed by atoms with E-state index in [2.05, 4.69) is 34.1 Å². The summed E-state index contributed by atoms with van der Waals surface area (Å²) in [7, 11) is 1.57. The lowest BCUT2D eigenvalue weighted by atomic mass is 10.1. The second-order valence-corrected chi connectivity index (χ2v) is 10.1. The lowest BCUT2D eigenvalue weighted by Crippen LogP contribution is -2.27. The molecule has 0 unspecified atom stereocenters. The fraction of sp³-hybridized carbons (Fsp3) is 0.103. The standard InChI is InChI=1S/C29H22BrNO4S/c1-34-25-15-20(16-26-28(32)31(29(33)36-26)17-19-8-3-2-4-9-19)14-24(30)27(25)35-18-22-12-7-11-21-10-5-6-13-23(21)22/h2-16H,17-18H2,1H3/b26-16+. The van der Waals surface area contributed by atoms with E-state index in [1.807, 2.05) is 60.7 Å². The number of fused-ring (bicyclic) bond motifs is 1. The van der Waals surface area contributed by atoms with Crippen LogP contribution in [0.15, 0.2) is 94.3 Å². The molecule has 1 aliphatic heterocycles. The summed E-state index contributed by atoms with van der Waals surface area (Å²) in [6.07, 6.45) is 1.71. The molecule has 0 N–H and O–H groups in total. The first-order valence-electron chi connectivity index (χ1n) is 11.3. The molecule has 180 valence electrons. The van der Waals surface area contributed by atoms with Crippen LogP contribution < -0.4 is 9.47 Å². The van der Waals surface area contributed by atoms with Gasteiger partial charge in [0, 0.05) is 0 Å². The third-order valence-corrected chi connectivity index (χ3v) is 7.36. The van der Waals surface area contributed by atoms with Crippen LogP contribution in [0.5, 0.6) is 11.5 Å². The molecule has 0 aromatic heterocycles. The van der Waals surface area contributed by atoms with Crippen molar-refractivity contribution in [2.24, 2.45) is 0 Å². The van der Waals surface area contributed by atoms with Crippen LogP contribution in [0.25, 0.3) is 16.8 Å². The van der Waals surface area contributed by atoms with E-state index in [1.54, 1.807) is 19.3 Å². The van der Waals surface area contributed by atoms with Gasteiger partial charge in [0.15, 0.2) is 11.5 Å². The summed E-state index contributed by atoms with van der Waals surface area (Å²) in [5.41, 5.74) is 2.69. The minimum absolute atomic E-state index is 0.247. The van der Waals surface area contributed by atoms with E-state index in [-0.39, 0.29) is 17.7 Å². The molecule has 7 heteroatoms. The van der Waals surface area contributed by atoms with E-state index in [0.717, 1.165) is 39.2 Å². The maximum absolute atomic E-state index is 12.9. The molecule has 1 fully saturated rings. The Morgan fingerprint density at radius 3 is 2.50 bits per heavy atom. The molecule has 4 aromatic carbocycles. The van der Waals surface area contributed by atoms with Crippen LogP contribution in [0.1, 0.15) is 16.7 Å². The van der Waals surface area contributed by atoms with Crippen molar-refractivity contribution < 1.29 is 19.1 Å². The third-order valence-electron chi connectivity index (χ3n) is 5.86. The smallest absolute Gasteiger partial charge is 0.293 e. The van der Waals surface area contributed by atoms with E-state index >= 15 is 0 Å². The summed E-state index contributed by atoms with van der Waals surface area (Å²) < 4.78 is 12.5. The summed E-state index contributed by atoms with van der Waals surface area (Å²) >= 11 is 4.53. The number of halogens is 1. The number of amides is 2. The maximum atomic E-state index is 12.9. The van der Waals surface area contributed by atoms with Crippen LogP contribution >= 0.6 is 27.7 Å². The van der Waals surface area contributed by atoms with Crippen LogP contribution in [-0.2, 0) is 17.9 Å². The second kappa shape index (κ2) is 10.6. The average Bonchev–Trinajstić information content (AvgIpc) is 3.15. The molecular formula is C29H22BrNO4S. The SMILES string of the molecule is COc1cc(/C=C2/SC(=O)N(Cc3ccccc3)C2=O)cc(Br)c1OCc1cccc2ccccc12. The quantitative estimate of drug-likeness (QED) is 0.220. The Balaban J connectivity index is 1.37. The van der Waals surface area contributed by atoms with Crippen molar-refractivity contribution in [2.75, 3.05) is 7.11 Å². The van der Waals surface area contributed by atoms with Gasteiger partial charge in [-0.25, -0.2) is 0 Å². The number of carbonyl (C=O) groups excluding carboxylic acids is 2. The molecule has 0 bridgehead atoms. The Bertz CT molecular complexity index is 1480. The van der Waals surface area contributed by atoms with Crippen LogP contribution in [0, 0.1) is 0 Å². The summed E-state index contributed by atoms with van der Waals surface area (Å²) in [6.45, 7) is 0.616. The van der Waals surface area contributed by atoms with Crippen molar-refractivity contribution in [2.45, 2.75) is 13.2 Å². The number of rotatable bonds is 7. The third kappa shape index (κ3) is 5.03. The van der Waals surface area contributed by atoms with Gasteiger partial charge in [0.2, 0.25) is 0 Å². The Labute approximate surface area is 221 Å². The number of nitrogens with zero attached hydrogens (tertiary/aromatic N) is 1. The molecule has 0 atom stereocenters. The molecule has 1 aliphatic rings. The molecule has 36 heavy (non-hydrogen) atoms. The molecule has 5 rings (SSSR count). The minimum atomic E-state index is -0.305. The van der Waals surface area contributed by atoms with Gasteiger partial charge in [-0.05, 0) is 73.4 Å². The molecule has 4 aromatic rings. The molecule has 0 spiro atoms. The molecule has 0 radical (unpaired) electrons.